The second-order valence-electron chi connectivity index (χ2n) is 6.61. The molecule has 7 nitrogen and oxygen atoms in total. The van der Waals surface area contributed by atoms with Crippen molar-refractivity contribution >= 4 is 22.4 Å². The number of nitrogens with one attached hydrogen (secondary N) is 1. The smallest absolute Gasteiger partial charge is 0.260 e. The van der Waals surface area contributed by atoms with Crippen LogP contribution in [-0.4, -0.2) is 30.9 Å². The van der Waals surface area contributed by atoms with E-state index < -0.39 is 0 Å². The van der Waals surface area contributed by atoms with Crippen LogP contribution in [0.1, 0.15) is 73.4 Å². The normalized spacial score (nSPS) is 11.3. The summed E-state index contributed by atoms with van der Waals surface area (Å²) in [5.74, 6) is 0.941. The van der Waals surface area contributed by atoms with Gasteiger partial charge in [0.15, 0.2) is 5.82 Å². The first-order valence-electron chi connectivity index (χ1n) is 9.19. The number of nitrogens with zero attached hydrogens (tertiary/aromatic N) is 5. The molecular formula is C19H24N6OS. The number of rotatable bonds is 7. The van der Waals surface area contributed by atoms with Gasteiger partial charge < -0.3 is 0 Å². The third-order valence-corrected chi connectivity index (χ3v) is 5.46. The van der Waals surface area contributed by atoms with Crippen molar-refractivity contribution in [2.45, 2.75) is 52.4 Å². The number of pyridine rings is 1. The second kappa shape index (κ2) is 8.39. The molecule has 0 saturated heterocycles. The number of aromatic nitrogens is 5. The van der Waals surface area contributed by atoms with Gasteiger partial charge in [0, 0.05) is 12.1 Å². The first-order chi connectivity index (χ1) is 13.0. The predicted molar refractivity (Wildman–Crippen MR) is 107 cm³/mol. The van der Waals surface area contributed by atoms with Crippen LogP contribution < -0.4 is 5.32 Å². The van der Waals surface area contributed by atoms with E-state index >= 15 is 0 Å². The lowest BCUT2D eigenvalue weighted by Gasteiger charge is -2.11. The van der Waals surface area contributed by atoms with Crippen molar-refractivity contribution in [2.24, 2.45) is 0 Å². The molecule has 0 radical (unpaired) electrons. The second-order valence-corrected chi connectivity index (χ2v) is 7.62. The highest BCUT2D eigenvalue weighted by molar-refractivity contribution is 7.15. The van der Waals surface area contributed by atoms with E-state index in [1.807, 2.05) is 32.0 Å². The lowest BCUT2D eigenvalue weighted by atomic mass is 10.1. The monoisotopic (exact) mass is 384 g/mol. The molecule has 0 aliphatic rings. The highest BCUT2D eigenvalue weighted by Crippen LogP contribution is 2.29. The van der Waals surface area contributed by atoms with Gasteiger partial charge in [0.05, 0.1) is 17.5 Å². The van der Waals surface area contributed by atoms with Crippen molar-refractivity contribution in [1.82, 2.24) is 25.0 Å². The summed E-state index contributed by atoms with van der Waals surface area (Å²) in [5, 5.41) is 17.1. The summed E-state index contributed by atoms with van der Waals surface area (Å²) in [6.07, 6.45) is 5.31. The third kappa shape index (κ3) is 4.05. The molecule has 0 aromatic carbocycles. The Bertz CT molecular complexity index is 898. The average Bonchev–Trinajstić information content (AvgIpc) is 3.31. The van der Waals surface area contributed by atoms with Gasteiger partial charge in [-0.25, -0.2) is 9.67 Å². The maximum atomic E-state index is 12.9. The molecule has 0 aliphatic carbocycles. The zero-order chi connectivity index (χ0) is 19.4. The van der Waals surface area contributed by atoms with Crippen molar-refractivity contribution < 1.29 is 4.79 Å². The van der Waals surface area contributed by atoms with E-state index in [0.717, 1.165) is 23.5 Å². The highest BCUT2D eigenvalue weighted by atomic mass is 32.1. The molecule has 142 valence electrons. The first kappa shape index (κ1) is 19.2. The molecule has 3 aromatic heterocycles. The van der Waals surface area contributed by atoms with E-state index in [1.165, 1.54) is 11.3 Å². The zero-order valence-corrected chi connectivity index (χ0v) is 16.8. The number of anilines is 1. The summed E-state index contributed by atoms with van der Waals surface area (Å²) in [7, 11) is 0. The van der Waals surface area contributed by atoms with E-state index in [9.17, 15) is 4.79 Å². The van der Waals surface area contributed by atoms with Gasteiger partial charge >= 0.3 is 0 Å². The van der Waals surface area contributed by atoms with Gasteiger partial charge in [-0.1, -0.05) is 45.1 Å². The fraction of sp³-hybridized carbons (Fsp3) is 0.421. The van der Waals surface area contributed by atoms with Gasteiger partial charge in [-0.3, -0.25) is 10.1 Å². The van der Waals surface area contributed by atoms with Crippen LogP contribution in [0.2, 0.25) is 0 Å². The van der Waals surface area contributed by atoms with Crippen LogP contribution in [-0.2, 0) is 0 Å². The molecule has 0 unspecified atom stereocenters. The molecule has 0 aliphatic heterocycles. The van der Waals surface area contributed by atoms with E-state index in [-0.39, 0.29) is 11.8 Å². The average molecular weight is 385 g/mol. The predicted octanol–water partition coefficient (Wildman–Crippen LogP) is 4.40. The quantitative estimate of drug-likeness (QED) is 0.652. The molecule has 0 bridgehead atoms. The summed E-state index contributed by atoms with van der Waals surface area (Å²) in [6.45, 7) is 8.33. The van der Waals surface area contributed by atoms with Gasteiger partial charge in [-0.2, -0.15) is 5.10 Å². The minimum Gasteiger partial charge on any atom is -0.296 e. The lowest BCUT2D eigenvalue weighted by molar-refractivity contribution is 0.102. The molecule has 27 heavy (non-hydrogen) atoms. The minimum atomic E-state index is -0.229. The standard InChI is InChI=1S/C19H24N6OS/c1-5-13(6-2)18-23-24-19(27-18)22-17(26)14-11-21-25(16(14)12(3)4)15-9-7-8-10-20-15/h7-13H,5-6H2,1-4H3,(H,22,24,26). The third-order valence-electron chi connectivity index (χ3n) is 4.46. The molecule has 3 aromatic rings. The summed E-state index contributed by atoms with van der Waals surface area (Å²) >= 11 is 1.44. The SMILES string of the molecule is CCC(CC)c1nnc(NC(=O)c2cnn(-c3ccccn3)c2C(C)C)s1. The summed E-state index contributed by atoms with van der Waals surface area (Å²) in [5.41, 5.74) is 1.34. The Labute approximate surface area is 162 Å². The summed E-state index contributed by atoms with van der Waals surface area (Å²) in [6, 6.07) is 5.62. The summed E-state index contributed by atoms with van der Waals surface area (Å²) < 4.78 is 1.72. The van der Waals surface area contributed by atoms with Crippen molar-refractivity contribution in [3.63, 3.8) is 0 Å². The molecule has 0 fully saturated rings. The highest BCUT2D eigenvalue weighted by Gasteiger charge is 2.23. The fourth-order valence-corrected chi connectivity index (χ4v) is 4.01. The van der Waals surface area contributed by atoms with Gasteiger partial charge in [-0.15, -0.1) is 10.2 Å². The molecule has 0 spiro atoms. The number of carbonyl (C=O) groups excluding carboxylic acids is 1. The molecule has 1 amide bonds. The maximum absolute atomic E-state index is 12.9. The zero-order valence-electron chi connectivity index (χ0n) is 16.0. The number of hydrogen-bond acceptors (Lipinski definition) is 6. The van der Waals surface area contributed by atoms with E-state index in [4.69, 9.17) is 0 Å². The Hall–Kier alpha value is -2.61. The molecule has 0 atom stereocenters. The fourth-order valence-electron chi connectivity index (χ4n) is 3.00. The van der Waals surface area contributed by atoms with Crippen LogP contribution in [0.3, 0.4) is 0 Å². The molecule has 1 N–H and O–H groups in total. The maximum Gasteiger partial charge on any atom is 0.260 e. The topological polar surface area (TPSA) is 85.6 Å². The van der Waals surface area contributed by atoms with Gasteiger partial charge in [0.25, 0.3) is 5.91 Å². The lowest BCUT2D eigenvalue weighted by Crippen LogP contribution is -2.15. The molecular weight excluding hydrogens is 360 g/mol. The molecule has 3 rings (SSSR count). The minimum absolute atomic E-state index is 0.102. The first-order valence-corrected chi connectivity index (χ1v) is 10.0. The molecule has 3 heterocycles. The van der Waals surface area contributed by atoms with E-state index in [1.54, 1.807) is 17.1 Å². The van der Waals surface area contributed by atoms with Crippen LogP contribution in [0.15, 0.2) is 30.6 Å². The van der Waals surface area contributed by atoms with Gasteiger partial charge in [0.2, 0.25) is 5.13 Å². The Morgan fingerprint density at radius 1 is 1.22 bits per heavy atom. The Kier molecular flexibility index (Phi) is 5.95. The largest absolute Gasteiger partial charge is 0.296 e. The Morgan fingerprint density at radius 3 is 2.63 bits per heavy atom. The van der Waals surface area contributed by atoms with Crippen molar-refractivity contribution in [2.75, 3.05) is 5.32 Å². The number of amides is 1. The number of carbonyl (C=O) groups is 1. The van der Waals surface area contributed by atoms with Crippen LogP contribution in [0.25, 0.3) is 5.82 Å². The Morgan fingerprint density at radius 2 is 2.00 bits per heavy atom. The van der Waals surface area contributed by atoms with Gasteiger partial charge in [-0.05, 0) is 30.9 Å². The van der Waals surface area contributed by atoms with Gasteiger partial charge in [0.1, 0.15) is 5.01 Å². The van der Waals surface area contributed by atoms with Crippen LogP contribution in [0, 0.1) is 0 Å². The van der Waals surface area contributed by atoms with Crippen molar-refractivity contribution in [3.8, 4) is 5.82 Å². The van der Waals surface area contributed by atoms with Crippen LogP contribution in [0.5, 0.6) is 0 Å². The van der Waals surface area contributed by atoms with Crippen LogP contribution >= 0.6 is 11.3 Å². The summed E-state index contributed by atoms with van der Waals surface area (Å²) in [4.78, 5) is 17.2. The number of hydrogen-bond donors (Lipinski definition) is 1. The van der Waals surface area contributed by atoms with Crippen molar-refractivity contribution in [1.29, 1.82) is 0 Å². The van der Waals surface area contributed by atoms with Crippen LogP contribution in [0.4, 0.5) is 5.13 Å². The van der Waals surface area contributed by atoms with E-state index in [0.29, 0.717) is 22.4 Å². The molecule has 0 saturated carbocycles. The molecule has 8 heteroatoms. The Balaban J connectivity index is 1.86. The van der Waals surface area contributed by atoms with E-state index in [2.05, 4.69) is 39.4 Å². The van der Waals surface area contributed by atoms with Crippen molar-refractivity contribution in [3.05, 3.63) is 46.9 Å².